The van der Waals surface area contributed by atoms with Gasteiger partial charge in [0.25, 0.3) is 0 Å². The number of carbonyl (C=O) groups is 1. The van der Waals surface area contributed by atoms with Crippen molar-refractivity contribution in [3.8, 4) is 5.75 Å². The molecule has 20 heavy (non-hydrogen) atoms. The molecule has 0 aliphatic rings. The van der Waals surface area contributed by atoms with Crippen molar-refractivity contribution in [1.29, 1.82) is 0 Å². The number of hydrogen-bond donors (Lipinski definition) is 1. The molecule has 0 fully saturated rings. The van der Waals surface area contributed by atoms with E-state index in [2.05, 4.69) is 5.32 Å². The molecule has 0 saturated carbocycles. The van der Waals surface area contributed by atoms with Gasteiger partial charge in [0.15, 0.2) is 11.6 Å². The lowest BCUT2D eigenvalue weighted by Gasteiger charge is -2.15. The molecule has 0 aliphatic heterocycles. The first-order valence-corrected chi connectivity index (χ1v) is 6.81. The van der Waals surface area contributed by atoms with E-state index in [9.17, 15) is 9.18 Å². The molecule has 1 unspecified atom stereocenters. The maximum Gasteiger partial charge on any atom is 0.225 e. The van der Waals surface area contributed by atoms with Crippen molar-refractivity contribution < 1.29 is 13.9 Å². The summed E-state index contributed by atoms with van der Waals surface area (Å²) in [6, 6.07) is 5.01. The lowest BCUT2D eigenvalue weighted by molar-refractivity contribution is -0.129. The molecular weight excluding hydrogens is 259 g/mol. The minimum absolute atomic E-state index is 0.0391. The summed E-state index contributed by atoms with van der Waals surface area (Å²) in [7, 11) is 3.36. The standard InChI is InChI=1S/C15H23FN2O2/c1-5-17-11(2)12-6-7-14(13(16)10-12)20-9-8-15(19)18(3)4/h6-7,10-11,17H,5,8-9H2,1-4H3. The Labute approximate surface area is 119 Å². The van der Waals surface area contributed by atoms with Gasteiger partial charge in [-0.25, -0.2) is 4.39 Å². The Morgan fingerprint density at radius 2 is 2.15 bits per heavy atom. The summed E-state index contributed by atoms with van der Waals surface area (Å²) in [5.74, 6) is -0.253. The van der Waals surface area contributed by atoms with Crippen LogP contribution in [0, 0.1) is 5.82 Å². The molecule has 5 heteroatoms. The molecule has 1 atom stereocenters. The lowest BCUT2D eigenvalue weighted by atomic mass is 10.1. The zero-order valence-electron chi connectivity index (χ0n) is 12.6. The van der Waals surface area contributed by atoms with Crippen molar-refractivity contribution in [2.24, 2.45) is 0 Å². The number of halogens is 1. The second-order valence-electron chi connectivity index (χ2n) is 4.86. The van der Waals surface area contributed by atoms with Gasteiger partial charge in [-0.2, -0.15) is 0 Å². The first-order chi connectivity index (χ1) is 9.45. The second-order valence-corrected chi connectivity index (χ2v) is 4.86. The van der Waals surface area contributed by atoms with Crippen LogP contribution in [0.4, 0.5) is 4.39 Å². The van der Waals surface area contributed by atoms with Crippen LogP contribution in [0.25, 0.3) is 0 Å². The Kier molecular flexibility index (Phi) is 6.45. The maximum absolute atomic E-state index is 13.9. The van der Waals surface area contributed by atoms with E-state index in [4.69, 9.17) is 4.74 Å². The molecule has 0 heterocycles. The Bertz CT molecular complexity index is 449. The first kappa shape index (κ1) is 16.4. The van der Waals surface area contributed by atoms with Crippen molar-refractivity contribution in [2.45, 2.75) is 26.3 Å². The van der Waals surface area contributed by atoms with Crippen molar-refractivity contribution in [3.05, 3.63) is 29.6 Å². The normalized spacial score (nSPS) is 12.1. The quantitative estimate of drug-likeness (QED) is 0.834. The number of hydrogen-bond acceptors (Lipinski definition) is 3. The van der Waals surface area contributed by atoms with E-state index in [-0.39, 0.29) is 30.7 Å². The topological polar surface area (TPSA) is 41.6 Å². The average Bonchev–Trinajstić information content (AvgIpc) is 2.40. The minimum Gasteiger partial charge on any atom is -0.490 e. The highest BCUT2D eigenvalue weighted by atomic mass is 19.1. The third-order valence-corrected chi connectivity index (χ3v) is 3.04. The number of ether oxygens (including phenoxy) is 1. The molecule has 112 valence electrons. The van der Waals surface area contributed by atoms with Gasteiger partial charge in [-0.3, -0.25) is 4.79 Å². The summed E-state index contributed by atoms with van der Waals surface area (Å²) >= 11 is 0. The van der Waals surface area contributed by atoms with Gasteiger partial charge in [0, 0.05) is 20.1 Å². The van der Waals surface area contributed by atoms with Crippen LogP contribution < -0.4 is 10.1 Å². The summed E-state index contributed by atoms with van der Waals surface area (Å²) in [5.41, 5.74) is 0.876. The van der Waals surface area contributed by atoms with Gasteiger partial charge in [0.1, 0.15) is 0 Å². The smallest absolute Gasteiger partial charge is 0.225 e. The maximum atomic E-state index is 13.9. The summed E-state index contributed by atoms with van der Waals surface area (Å²) < 4.78 is 19.2. The molecule has 1 aromatic carbocycles. The van der Waals surface area contributed by atoms with Crippen LogP contribution in [0.15, 0.2) is 18.2 Å². The third kappa shape index (κ3) is 4.81. The van der Waals surface area contributed by atoms with E-state index >= 15 is 0 Å². The van der Waals surface area contributed by atoms with E-state index in [0.29, 0.717) is 0 Å². The van der Waals surface area contributed by atoms with Gasteiger partial charge in [-0.15, -0.1) is 0 Å². The molecule has 1 rings (SSSR count). The molecule has 4 nitrogen and oxygen atoms in total. The molecule has 0 bridgehead atoms. The molecule has 0 saturated heterocycles. The van der Waals surface area contributed by atoms with Crippen molar-refractivity contribution >= 4 is 5.91 Å². The SMILES string of the molecule is CCNC(C)c1ccc(OCCC(=O)N(C)C)c(F)c1. The number of nitrogens with one attached hydrogen (secondary N) is 1. The van der Waals surface area contributed by atoms with E-state index in [1.807, 2.05) is 19.9 Å². The van der Waals surface area contributed by atoms with E-state index in [1.54, 1.807) is 20.2 Å². The zero-order chi connectivity index (χ0) is 15.1. The Morgan fingerprint density at radius 1 is 1.45 bits per heavy atom. The van der Waals surface area contributed by atoms with Gasteiger partial charge in [0.2, 0.25) is 5.91 Å². The van der Waals surface area contributed by atoms with Crippen LogP contribution >= 0.6 is 0 Å². The van der Waals surface area contributed by atoms with Gasteiger partial charge in [-0.05, 0) is 31.2 Å². The van der Waals surface area contributed by atoms with Crippen LogP contribution in [0.3, 0.4) is 0 Å². The molecule has 0 radical (unpaired) electrons. The second kappa shape index (κ2) is 7.85. The highest BCUT2D eigenvalue weighted by Crippen LogP contribution is 2.22. The third-order valence-electron chi connectivity index (χ3n) is 3.04. The van der Waals surface area contributed by atoms with Gasteiger partial charge >= 0.3 is 0 Å². The largest absolute Gasteiger partial charge is 0.490 e. The Balaban J connectivity index is 2.58. The first-order valence-electron chi connectivity index (χ1n) is 6.81. The number of benzene rings is 1. The Morgan fingerprint density at radius 3 is 2.70 bits per heavy atom. The fourth-order valence-electron chi connectivity index (χ4n) is 1.80. The van der Waals surface area contributed by atoms with Crippen LogP contribution in [-0.2, 0) is 4.79 Å². The van der Waals surface area contributed by atoms with Crippen molar-refractivity contribution in [2.75, 3.05) is 27.2 Å². The number of amides is 1. The number of rotatable bonds is 7. The van der Waals surface area contributed by atoms with Gasteiger partial charge < -0.3 is 15.0 Å². The van der Waals surface area contributed by atoms with E-state index in [0.717, 1.165) is 12.1 Å². The fraction of sp³-hybridized carbons (Fsp3) is 0.533. The minimum atomic E-state index is -0.399. The lowest BCUT2D eigenvalue weighted by Crippen LogP contribution is -2.23. The monoisotopic (exact) mass is 282 g/mol. The van der Waals surface area contributed by atoms with Crippen LogP contribution in [0.5, 0.6) is 5.75 Å². The van der Waals surface area contributed by atoms with Crippen LogP contribution in [-0.4, -0.2) is 38.1 Å². The summed E-state index contributed by atoms with van der Waals surface area (Å²) in [6.07, 6.45) is 0.238. The molecular formula is C15H23FN2O2. The summed E-state index contributed by atoms with van der Waals surface area (Å²) in [6.45, 7) is 4.99. The fourth-order valence-corrected chi connectivity index (χ4v) is 1.80. The number of carbonyl (C=O) groups excluding carboxylic acids is 1. The summed E-state index contributed by atoms with van der Waals surface area (Å²) in [4.78, 5) is 12.9. The molecule has 1 N–H and O–H groups in total. The van der Waals surface area contributed by atoms with Crippen LogP contribution in [0.1, 0.15) is 31.9 Å². The molecule has 0 aliphatic carbocycles. The number of nitrogens with zero attached hydrogens (tertiary/aromatic N) is 1. The molecule has 0 spiro atoms. The molecule has 1 amide bonds. The summed E-state index contributed by atoms with van der Waals surface area (Å²) in [5, 5.41) is 3.22. The highest BCUT2D eigenvalue weighted by Gasteiger charge is 2.10. The van der Waals surface area contributed by atoms with Crippen molar-refractivity contribution in [1.82, 2.24) is 10.2 Å². The predicted octanol–water partition coefficient (Wildman–Crippen LogP) is 2.35. The van der Waals surface area contributed by atoms with E-state index < -0.39 is 5.82 Å². The highest BCUT2D eigenvalue weighted by molar-refractivity contribution is 5.75. The van der Waals surface area contributed by atoms with Gasteiger partial charge in [-0.1, -0.05) is 13.0 Å². The zero-order valence-corrected chi connectivity index (χ0v) is 12.6. The predicted molar refractivity (Wildman–Crippen MR) is 77.3 cm³/mol. The van der Waals surface area contributed by atoms with Crippen LogP contribution in [0.2, 0.25) is 0 Å². The van der Waals surface area contributed by atoms with Crippen molar-refractivity contribution in [3.63, 3.8) is 0 Å². The average molecular weight is 282 g/mol. The van der Waals surface area contributed by atoms with Gasteiger partial charge in [0.05, 0.1) is 13.0 Å². The molecule has 0 aromatic heterocycles. The Hall–Kier alpha value is -1.62. The molecule has 1 aromatic rings. The van der Waals surface area contributed by atoms with E-state index in [1.165, 1.54) is 11.0 Å².